The maximum Gasteiger partial charge on any atom is 0.410 e. The van der Waals surface area contributed by atoms with Gasteiger partial charge in [-0.25, -0.2) is 9.78 Å². The normalized spacial score (nSPS) is 19.0. The Labute approximate surface area is 135 Å². The minimum absolute atomic E-state index is 0.141. The fraction of sp³-hybridized carbons (Fsp3) is 0.600. The average molecular weight is 328 g/mol. The smallest absolute Gasteiger partial charge is 0.410 e. The van der Waals surface area contributed by atoms with E-state index in [1.54, 1.807) is 24.3 Å². The lowest BCUT2D eigenvalue weighted by molar-refractivity contribution is 0.0194. The summed E-state index contributed by atoms with van der Waals surface area (Å²) in [7, 11) is 1.55. The predicted octanol–water partition coefficient (Wildman–Crippen LogP) is 2.62. The van der Waals surface area contributed by atoms with Crippen LogP contribution in [-0.2, 0) is 4.74 Å². The summed E-state index contributed by atoms with van der Waals surface area (Å²) in [6.45, 7) is 7.25. The number of nitrogens with one attached hydrogen (secondary N) is 1. The van der Waals surface area contributed by atoms with Gasteiger partial charge in [-0.2, -0.15) is 0 Å². The van der Waals surface area contributed by atoms with Gasteiger partial charge in [0, 0.05) is 25.8 Å². The zero-order valence-corrected chi connectivity index (χ0v) is 14.1. The predicted molar refractivity (Wildman–Crippen MR) is 84.3 cm³/mol. The number of nitrogens with zero attached hydrogens (tertiary/aromatic N) is 2. The molecule has 0 bridgehead atoms. The molecule has 1 aliphatic rings. The Bertz CT molecular complexity index is 545. The van der Waals surface area contributed by atoms with Gasteiger partial charge in [-0.15, -0.1) is 0 Å². The number of hydrogen-bond donors (Lipinski definition) is 1. The second-order valence-electron chi connectivity index (χ2n) is 6.15. The molecule has 0 radical (unpaired) electrons. The van der Waals surface area contributed by atoms with Crippen LogP contribution in [0.4, 0.5) is 4.79 Å². The second kappa shape index (κ2) is 6.71. The molecule has 122 valence electrons. The maximum atomic E-state index is 12.2. The first-order valence-electron chi connectivity index (χ1n) is 7.21. The Morgan fingerprint density at radius 1 is 1.50 bits per heavy atom. The molecule has 22 heavy (non-hydrogen) atoms. The van der Waals surface area contributed by atoms with Crippen molar-refractivity contribution in [3.05, 3.63) is 22.8 Å². The van der Waals surface area contributed by atoms with Crippen LogP contribution in [0.1, 0.15) is 32.4 Å². The van der Waals surface area contributed by atoms with E-state index in [4.69, 9.17) is 21.1 Å². The summed E-state index contributed by atoms with van der Waals surface area (Å²) in [6.07, 6.45) is 1.28. The van der Waals surface area contributed by atoms with E-state index in [1.165, 1.54) is 0 Å². The molecule has 1 aliphatic heterocycles. The highest BCUT2D eigenvalue weighted by atomic mass is 35.5. The van der Waals surface area contributed by atoms with Gasteiger partial charge in [-0.05, 0) is 26.8 Å². The van der Waals surface area contributed by atoms with Crippen molar-refractivity contribution in [3.8, 4) is 5.88 Å². The molecule has 1 aromatic heterocycles. The van der Waals surface area contributed by atoms with E-state index in [-0.39, 0.29) is 12.1 Å². The molecular weight excluding hydrogens is 306 g/mol. The Morgan fingerprint density at radius 3 is 2.86 bits per heavy atom. The molecule has 0 saturated carbocycles. The van der Waals surface area contributed by atoms with E-state index in [0.717, 1.165) is 5.56 Å². The molecule has 1 saturated heterocycles. The minimum Gasteiger partial charge on any atom is -0.481 e. The summed E-state index contributed by atoms with van der Waals surface area (Å²) in [5, 5.41) is 3.91. The van der Waals surface area contributed by atoms with E-state index in [1.807, 2.05) is 20.8 Å². The number of halogens is 1. The highest BCUT2D eigenvalue weighted by molar-refractivity contribution is 6.31. The lowest BCUT2D eigenvalue weighted by Gasteiger charge is -2.35. The van der Waals surface area contributed by atoms with E-state index < -0.39 is 5.60 Å². The topological polar surface area (TPSA) is 63.7 Å². The van der Waals surface area contributed by atoms with Crippen molar-refractivity contribution in [3.63, 3.8) is 0 Å². The molecule has 1 fully saturated rings. The van der Waals surface area contributed by atoms with Crippen molar-refractivity contribution >= 4 is 17.7 Å². The Hall–Kier alpha value is -1.53. The highest BCUT2D eigenvalue weighted by Crippen LogP contribution is 2.32. The summed E-state index contributed by atoms with van der Waals surface area (Å²) in [5.41, 5.74) is 0.251. The van der Waals surface area contributed by atoms with Crippen molar-refractivity contribution in [2.24, 2.45) is 0 Å². The number of hydrogen-bond acceptors (Lipinski definition) is 5. The number of pyridine rings is 1. The molecule has 6 nitrogen and oxygen atoms in total. The largest absolute Gasteiger partial charge is 0.481 e. The summed E-state index contributed by atoms with van der Waals surface area (Å²) in [6, 6.07) is 1.57. The SMILES string of the molecule is COc1nccc(Cl)c1C1CN(C(=O)OC(C)(C)C)CCN1. The number of aromatic nitrogens is 1. The molecule has 2 rings (SSSR count). The first-order valence-corrected chi connectivity index (χ1v) is 7.59. The van der Waals surface area contributed by atoms with Gasteiger partial charge >= 0.3 is 6.09 Å². The molecule has 1 aromatic rings. The van der Waals surface area contributed by atoms with Crippen LogP contribution in [0.3, 0.4) is 0 Å². The third kappa shape index (κ3) is 4.01. The van der Waals surface area contributed by atoms with Crippen LogP contribution < -0.4 is 10.1 Å². The van der Waals surface area contributed by atoms with E-state index >= 15 is 0 Å². The standard InChI is InChI=1S/C15H22ClN3O3/c1-15(2,3)22-14(20)19-8-7-17-11(9-19)12-10(16)5-6-18-13(12)21-4/h5-6,11,17H,7-9H2,1-4H3. The van der Waals surface area contributed by atoms with Gasteiger partial charge in [0.1, 0.15) is 5.60 Å². The van der Waals surface area contributed by atoms with Gasteiger partial charge in [-0.1, -0.05) is 11.6 Å². The van der Waals surface area contributed by atoms with Crippen LogP contribution in [-0.4, -0.2) is 48.3 Å². The third-order valence-electron chi connectivity index (χ3n) is 3.27. The zero-order valence-electron chi connectivity index (χ0n) is 13.4. The third-order valence-corrected chi connectivity index (χ3v) is 3.60. The molecule has 1 atom stereocenters. The molecule has 0 aromatic carbocycles. The summed E-state index contributed by atoms with van der Waals surface area (Å²) in [4.78, 5) is 18.1. The van der Waals surface area contributed by atoms with E-state index in [0.29, 0.717) is 30.5 Å². The van der Waals surface area contributed by atoms with Crippen LogP contribution in [0, 0.1) is 0 Å². The van der Waals surface area contributed by atoms with Crippen LogP contribution in [0.2, 0.25) is 5.02 Å². The Kier molecular flexibility index (Phi) is 5.13. The van der Waals surface area contributed by atoms with Crippen LogP contribution in [0.25, 0.3) is 0 Å². The Balaban J connectivity index is 2.16. The number of ether oxygens (including phenoxy) is 2. The highest BCUT2D eigenvalue weighted by Gasteiger charge is 2.30. The van der Waals surface area contributed by atoms with Gasteiger partial charge in [-0.3, -0.25) is 0 Å². The summed E-state index contributed by atoms with van der Waals surface area (Å²) < 4.78 is 10.7. The van der Waals surface area contributed by atoms with Crippen molar-refractivity contribution in [1.82, 2.24) is 15.2 Å². The number of rotatable bonds is 2. The first-order chi connectivity index (χ1) is 10.3. The van der Waals surface area contributed by atoms with Crippen molar-refractivity contribution in [1.29, 1.82) is 0 Å². The fourth-order valence-electron chi connectivity index (χ4n) is 2.35. The molecule has 0 spiro atoms. The monoisotopic (exact) mass is 327 g/mol. The lowest BCUT2D eigenvalue weighted by Crippen LogP contribution is -2.49. The molecule has 2 heterocycles. The van der Waals surface area contributed by atoms with Crippen LogP contribution in [0.5, 0.6) is 5.88 Å². The first kappa shape index (κ1) is 16.8. The summed E-state index contributed by atoms with van der Waals surface area (Å²) >= 11 is 6.28. The fourth-order valence-corrected chi connectivity index (χ4v) is 2.61. The number of carbonyl (C=O) groups excluding carboxylic acids is 1. The Morgan fingerprint density at radius 2 is 2.23 bits per heavy atom. The number of piperazine rings is 1. The van der Waals surface area contributed by atoms with E-state index in [2.05, 4.69) is 10.3 Å². The molecular formula is C15H22ClN3O3. The molecule has 1 amide bonds. The zero-order chi connectivity index (χ0) is 16.3. The van der Waals surface area contributed by atoms with Crippen LogP contribution >= 0.6 is 11.6 Å². The van der Waals surface area contributed by atoms with Crippen molar-refractivity contribution < 1.29 is 14.3 Å². The van der Waals surface area contributed by atoms with E-state index in [9.17, 15) is 4.79 Å². The molecule has 7 heteroatoms. The van der Waals surface area contributed by atoms with Gasteiger partial charge in [0.2, 0.25) is 5.88 Å². The second-order valence-corrected chi connectivity index (χ2v) is 6.56. The number of carbonyl (C=O) groups is 1. The van der Waals surface area contributed by atoms with Crippen molar-refractivity contribution in [2.45, 2.75) is 32.4 Å². The molecule has 1 unspecified atom stereocenters. The van der Waals surface area contributed by atoms with Gasteiger partial charge < -0.3 is 19.7 Å². The lowest BCUT2D eigenvalue weighted by atomic mass is 10.1. The summed E-state index contributed by atoms with van der Waals surface area (Å²) in [5.74, 6) is 0.469. The number of amides is 1. The van der Waals surface area contributed by atoms with Gasteiger partial charge in [0.15, 0.2) is 0 Å². The van der Waals surface area contributed by atoms with Crippen molar-refractivity contribution in [2.75, 3.05) is 26.7 Å². The maximum absolute atomic E-state index is 12.2. The minimum atomic E-state index is -0.513. The molecule has 0 aliphatic carbocycles. The van der Waals surface area contributed by atoms with Crippen LogP contribution in [0.15, 0.2) is 12.3 Å². The molecule has 1 N–H and O–H groups in total. The quantitative estimate of drug-likeness (QED) is 0.904. The number of methoxy groups -OCH3 is 1. The van der Waals surface area contributed by atoms with Gasteiger partial charge in [0.05, 0.1) is 23.7 Å². The average Bonchev–Trinajstić information content (AvgIpc) is 2.45. The van der Waals surface area contributed by atoms with Gasteiger partial charge in [0.25, 0.3) is 0 Å².